The van der Waals surface area contributed by atoms with Crippen LogP contribution in [0.1, 0.15) is 32.6 Å². The number of hydrogen-bond donors (Lipinski definition) is 1. The molecule has 1 aliphatic rings. The second-order valence-electron chi connectivity index (χ2n) is 4.47. The maximum absolute atomic E-state index is 5.53. The predicted molar refractivity (Wildman–Crippen MR) is 64.1 cm³/mol. The van der Waals surface area contributed by atoms with Crippen molar-refractivity contribution in [3.05, 3.63) is 0 Å². The van der Waals surface area contributed by atoms with Crippen LogP contribution >= 0.6 is 11.5 Å². The van der Waals surface area contributed by atoms with E-state index in [4.69, 9.17) is 5.73 Å². The third-order valence-electron chi connectivity index (χ3n) is 3.19. The first-order valence-corrected chi connectivity index (χ1v) is 6.26. The summed E-state index contributed by atoms with van der Waals surface area (Å²) in [6.45, 7) is 2.33. The van der Waals surface area contributed by atoms with E-state index < -0.39 is 0 Å². The fraction of sp³-hybridized carbons (Fsp3) is 0.800. The molecule has 2 rings (SSSR count). The summed E-state index contributed by atoms with van der Waals surface area (Å²) < 4.78 is 4.02. The monoisotopic (exact) mass is 226 g/mol. The number of nitrogens with zero attached hydrogens (tertiary/aromatic N) is 3. The van der Waals surface area contributed by atoms with Crippen molar-refractivity contribution in [3.8, 4) is 0 Å². The molecule has 5 heteroatoms. The van der Waals surface area contributed by atoms with Crippen LogP contribution in [-0.4, -0.2) is 22.4 Å². The average Bonchev–Trinajstić information content (AvgIpc) is 2.64. The highest BCUT2D eigenvalue weighted by atomic mass is 32.1. The molecule has 0 spiro atoms. The molecule has 1 aliphatic carbocycles. The molecule has 2 N–H and O–H groups in total. The van der Waals surface area contributed by atoms with Crippen LogP contribution in [0.15, 0.2) is 0 Å². The molecule has 0 aromatic carbocycles. The Kier molecular flexibility index (Phi) is 3.09. The minimum Gasteiger partial charge on any atom is -0.367 e. The van der Waals surface area contributed by atoms with Crippen LogP contribution in [0.5, 0.6) is 0 Å². The van der Waals surface area contributed by atoms with E-state index in [1.807, 2.05) is 0 Å². The first kappa shape index (κ1) is 10.7. The summed E-state index contributed by atoms with van der Waals surface area (Å²) in [4.78, 5) is 6.46. The molecular weight excluding hydrogens is 208 g/mol. The molecule has 84 valence electrons. The number of hydrogen-bond acceptors (Lipinski definition) is 5. The number of rotatable bonds is 2. The SMILES string of the molecule is CC1CCCC(N(C)c2nc(N)ns2)C1. The van der Waals surface area contributed by atoms with Gasteiger partial charge in [0.2, 0.25) is 11.1 Å². The van der Waals surface area contributed by atoms with Crippen molar-refractivity contribution in [2.24, 2.45) is 5.92 Å². The minimum atomic E-state index is 0.394. The summed E-state index contributed by atoms with van der Waals surface area (Å²) in [6, 6.07) is 0.612. The van der Waals surface area contributed by atoms with Gasteiger partial charge in [-0.25, -0.2) is 0 Å². The highest BCUT2D eigenvalue weighted by molar-refractivity contribution is 7.09. The van der Waals surface area contributed by atoms with Gasteiger partial charge in [0.05, 0.1) is 0 Å². The third kappa shape index (κ3) is 2.40. The van der Waals surface area contributed by atoms with Gasteiger partial charge in [-0.05, 0) is 18.8 Å². The smallest absolute Gasteiger partial charge is 0.233 e. The highest BCUT2D eigenvalue weighted by Gasteiger charge is 2.24. The number of nitrogen functional groups attached to an aromatic ring is 1. The van der Waals surface area contributed by atoms with E-state index in [-0.39, 0.29) is 0 Å². The van der Waals surface area contributed by atoms with E-state index >= 15 is 0 Å². The van der Waals surface area contributed by atoms with Gasteiger partial charge in [-0.3, -0.25) is 0 Å². The lowest BCUT2D eigenvalue weighted by Gasteiger charge is -2.33. The molecule has 0 bridgehead atoms. The van der Waals surface area contributed by atoms with Crippen LogP contribution in [0.3, 0.4) is 0 Å². The lowest BCUT2D eigenvalue weighted by Crippen LogP contribution is -2.35. The van der Waals surface area contributed by atoms with Crippen molar-refractivity contribution in [3.63, 3.8) is 0 Å². The fourth-order valence-corrected chi connectivity index (χ4v) is 2.91. The third-order valence-corrected chi connectivity index (χ3v) is 4.01. The molecule has 2 atom stereocenters. The molecule has 1 heterocycles. The maximum Gasteiger partial charge on any atom is 0.233 e. The van der Waals surface area contributed by atoms with E-state index in [2.05, 4.69) is 28.2 Å². The fourth-order valence-electron chi connectivity index (χ4n) is 2.28. The molecule has 0 saturated heterocycles. The Bertz CT molecular complexity index is 325. The summed E-state index contributed by atoms with van der Waals surface area (Å²) in [5.74, 6) is 1.22. The van der Waals surface area contributed by atoms with Gasteiger partial charge in [0.15, 0.2) is 0 Å². The zero-order valence-corrected chi connectivity index (χ0v) is 10.1. The molecule has 1 fully saturated rings. The molecule has 0 radical (unpaired) electrons. The largest absolute Gasteiger partial charge is 0.367 e. The van der Waals surface area contributed by atoms with Crippen LogP contribution < -0.4 is 10.6 Å². The summed E-state index contributed by atoms with van der Waals surface area (Å²) in [7, 11) is 2.10. The standard InChI is InChI=1S/C10H18N4S/c1-7-4-3-5-8(6-7)14(2)10-12-9(11)13-15-10/h7-8H,3-6H2,1-2H3,(H2,11,13). The van der Waals surface area contributed by atoms with E-state index in [0.29, 0.717) is 12.0 Å². The summed E-state index contributed by atoms with van der Waals surface area (Å²) in [6.07, 6.45) is 5.21. The van der Waals surface area contributed by atoms with Crippen LogP contribution in [0.2, 0.25) is 0 Å². The highest BCUT2D eigenvalue weighted by Crippen LogP contribution is 2.30. The van der Waals surface area contributed by atoms with Crippen LogP contribution in [-0.2, 0) is 0 Å². The van der Waals surface area contributed by atoms with Crippen molar-refractivity contribution >= 4 is 22.6 Å². The first-order chi connectivity index (χ1) is 7.16. The van der Waals surface area contributed by atoms with Crippen molar-refractivity contribution in [2.75, 3.05) is 17.7 Å². The van der Waals surface area contributed by atoms with E-state index in [1.165, 1.54) is 37.2 Å². The quantitative estimate of drug-likeness (QED) is 0.839. The molecular formula is C10H18N4S. The summed E-state index contributed by atoms with van der Waals surface area (Å²) in [5, 5.41) is 0.951. The Balaban J connectivity index is 2.03. The molecule has 1 aromatic heterocycles. The van der Waals surface area contributed by atoms with Gasteiger partial charge in [-0.2, -0.15) is 9.36 Å². The molecule has 0 amide bonds. The number of aromatic nitrogens is 2. The average molecular weight is 226 g/mol. The maximum atomic E-state index is 5.53. The minimum absolute atomic E-state index is 0.394. The first-order valence-electron chi connectivity index (χ1n) is 5.49. The Morgan fingerprint density at radius 2 is 2.27 bits per heavy atom. The Labute approximate surface area is 94.7 Å². The second-order valence-corrected chi connectivity index (χ2v) is 5.20. The molecule has 0 aliphatic heterocycles. The van der Waals surface area contributed by atoms with Crippen molar-refractivity contribution in [1.29, 1.82) is 0 Å². The lowest BCUT2D eigenvalue weighted by atomic mass is 9.86. The summed E-state index contributed by atoms with van der Waals surface area (Å²) in [5.41, 5.74) is 5.53. The van der Waals surface area contributed by atoms with Crippen LogP contribution in [0, 0.1) is 5.92 Å². The van der Waals surface area contributed by atoms with Crippen LogP contribution in [0.25, 0.3) is 0 Å². The van der Waals surface area contributed by atoms with Gasteiger partial charge in [0, 0.05) is 24.6 Å². The van der Waals surface area contributed by atoms with Gasteiger partial charge in [0.25, 0.3) is 0 Å². The van der Waals surface area contributed by atoms with Crippen molar-refractivity contribution in [2.45, 2.75) is 38.6 Å². The number of anilines is 2. The van der Waals surface area contributed by atoms with Gasteiger partial charge < -0.3 is 10.6 Å². The van der Waals surface area contributed by atoms with Crippen molar-refractivity contribution < 1.29 is 0 Å². The van der Waals surface area contributed by atoms with Crippen molar-refractivity contribution in [1.82, 2.24) is 9.36 Å². The van der Waals surface area contributed by atoms with Gasteiger partial charge in [0.1, 0.15) is 0 Å². The van der Waals surface area contributed by atoms with Gasteiger partial charge in [-0.15, -0.1) is 0 Å². The second kappa shape index (κ2) is 4.35. The lowest BCUT2D eigenvalue weighted by molar-refractivity contribution is 0.336. The predicted octanol–water partition coefficient (Wildman–Crippen LogP) is 2.14. The topological polar surface area (TPSA) is 55.0 Å². The van der Waals surface area contributed by atoms with E-state index in [0.717, 1.165) is 11.0 Å². The number of nitrogens with two attached hydrogens (primary N) is 1. The Morgan fingerprint density at radius 3 is 2.87 bits per heavy atom. The van der Waals surface area contributed by atoms with E-state index in [9.17, 15) is 0 Å². The summed E-state index contributed by atoms with van der Waals surface area (Å²) >= 11 is 1.39. The zero-order chi connectivity index (χ0) is 10.8. The van der Waals surface area contributed by atoms with Gasteiger partial charge >= 0.3 is 0 Å². The van der Waals surface area contributed by atoms with Gasteiger partial charge in [-0.1, -0.05) is 19.8 Å². The molecule has 15 heavy (non-hydrogen) atoms. The molecule has 2 unspecified atom stereocenters. The normalized spacial score (nSPS) is 26.5. The zero-order valence-electron chi connectivity index (χ0n) is 9.31. The Hall–Kier alpha value is -0.840. The molecule has 1 aromatic rings. The Morgan fingerprint density at radius 1 is 1.47 bits per heavy atom. The van der Waals surface area contributed by atoms with Crippen LogP contribution in [0.4, 0.5) is 11.1 Å². The van der Waals surface area contributed by atoms with E-state index in [1.54, 1.807) is 0 Å². The molecule has 4 nitrogen and oxygen atoms in total. The molecule has 1 saturated carbocycles.